The first-order chi connectivity index (χ1) is 14.5. The molecule has 30 heavy (non-hydrogen) atoms. The molecular weight excluding hydrogens is 380 g/mol. The highest BCUT2D eigenvalue weighted by Gasteiger charge is 2.25. The van der Waals surface area contributed by atoms with Crippen LogP contribution in [0.4, 0.5) is 5.69 Å². The number of aromatic amines is 1. The zero-order chi connectivity index (χ0) is 21.7. The maximum Gasteiger partial charge on any atom is 0.339 e. The van der Waals surface area contributed by atoms with Crippen molar-refractivity contribution >= 4 is 17.6 Å². The smallest absolute Gasteiger partial charge is 0.339 e. The fourth-order valence-corrected chi connectivity index (χ4v) is 4.03. The van der Waals surface area contributed by atoms with E-state index in [1.54, 1.807) is 6.92 Å². The van der Waals surface area contributed by atoms with Crippen LogP contribution in [0.15, 0.2) is 24.3 Å². The number of esters is 1. The molecular formula is C23H32N4O3. The maximum atomic E-state index is 13.0. The number of piperazine rings is 1. The number of hydrogen-bond donors (Lipinski definition) is 2. The number of likely N-dealkylation sites (N-methyl/N-ethyl adjacent to an activating group) is 1. The van der Waals surface area contributed by atoms with Crippen molar-refractivity contribution in [2.24, 2.45) is 0 Å². The van der Waals surface area contributed by atoms with E-state index in [1.807, 2.05) is 19.1 Å². The van der Waals surface area contributed by atoms with Crippen LogP contribution in [0, 0.1) is 6.92 Å². The number of carbonyl (C=O) groups is 2. The minimum absolute atomic E-state index is 0.204. The van der Waals surface area contributed by atoms with Crippen LogP contribution < -0.4 is 10.2 Å². The second-order valence-corrected chi connectivity index (χ2v) is 7.82. The van der Waals surface area contributed by atoms with Gasteiger partial charge in [0.2, 0.25) is 0 Å². The Morgan fingerprint density at radius 2 is 1.87 bits per heavy atom. The van der Waals surface area contributed by atoms with E-state index in [1.165, 1.54) is 7.11 Å². The van der Waals surface area contributed by atoms with Gasteiger partial charge < -0.3 is 24.8 Å². The Morgan fingerprint density at radius 1 is 1.17 bits per heavy atom. The monoisotopic (exact) mass is 412 g/mol. The van der Waals surface area contributed by atoms with Crippen molar-refractivity contribution in [1.29, 1.82) is 0 Å². The van der Waals surface area contributed by atoms with Gasteiger partial charge in [-0.2, -0.15) is 0 Å². The summed E-state index contributed by atoms with van der Waals surface area (Å²) in [7, 11) is 3.50. The molecule has 0 unspecified atom stereocenters. The summed E-state index contributed by atoms with van der Waals surface area (Å²) in [6, 6.07) is 8.21. The summed E-state index contributed by atoms with van der Waals surface area (Å²) in [4.78, 5) is 33.0. The predicted octanol–water partition coefficient (Wildman–Crippen LogP) is 2.74. The van der Waals surface area contributed by atoms with Gasteiger partial charge in [0.05, 0.1) is 12.7 Å². The Hall–Kier alpha value is -2.80. The molecule has 1 aliphatic heterocycles. The number of nitrogens with one attached hydrogen (secondary N) is 2. The van der Waals surface area contributed by atoms with Crippen LogP contribution in [-0.2, 0) is 17.7 Å². The molecule has 3 rings (SSSR count). The summed E-state index contributed by atoms with van der Waals surface area (Å²) in [5.74, 6) is -0.614. The molecule has 0 saturated carbocycles. The number of aromatic nitrogens is 1. The highest BCUT2D eigenvalue weighted by atomic mass is 16.5. The Labute approximate surface area is 178 Å². The number of amides is 1. The number of rotatable bonds is 7. The highest BCUT2D eigenvalue weighted by molar-refractivity contribution is 6.00. The number of aryl methyl sites for hydroxylation is 1. The van der Waals surface area contributed by atoms with Crippen LogP contribution in [-0.4, -0.2) is 62.1 Å². The van der Waals surface area contributed by atoms with Gasteiger partial charge in [-0.1, -0.05) is 31.5 Å². The average molecular weight is 413 g/mol. The SMILES string of the molecule is CCCc1c(C(=O)NCc2ccccc2N2CCN(C)CC2)[nH]c(C)c1C(=O)OC. The molecule has 1 saturated heterocycles. The number of methoxy groups -OCH3 is 1. The fourth-order valence-electron chi connectivity index (χ4n) is 4.03. The first kappa shape index (κ1) is 21.9. The number of H-pyrrole nitrogens is 1. The van der Waals surface area contributed by atoms with Crippen molar-refractivity contribution in [3.05, 3.63) is 52.3 Å². The van der Waals surface area contributed by atoms with Crippen LogP contribution >= 0.6 is 0 Å². The third-order valence-corrected chi connectivity index (χ3v) is 5.68. The molecule has 2 N–H and O–H groups in total. The molecule has 7 heteroatoms. The molecule has 1 aromatic carbocycles. The molecule has 162 valence electrons. The minimum atomic E-state index is -0.410. The molecule has 7 nitrogen and oxygen atoms in total. The summed E-state index contributed by atoms with van der Waals surface area (Å²) < 4.78 is 4.92. The largest absolute Gasteiger partial charge is 0.465 e. The van der Waals surface area contributed by atoms with Crippen LogP contribution in [0.2, 0.25) is 0 Å². The summed E-state index contributed by atoms with van der Waals surface area (Å²) in [6.45, 7) is 8.25. The van der Waals surface area contributed by atoms with Gasteiger partial charge in [0.15, 0.2) is 0 Å². The Kier molecular flexibility index (Phi) is 7.15. The maximum absolute atomic E-state index is 13.0. The zero-order valence-corrected chi connectivity index (χ0v) is 18.4. The quantitative estimate of drug-likeness (QED) is 0.684. The summed E-state index contributed by atoms with van der Waals surface area (Å²) in [5.41, 5.74) is 4.57. The van der Waals surface area contributed by atoms with Gasteiger partial charge in [-0.25, -0.2) is 4.79 Å². The molecule has 2 heterocycles. The molecule has 1 aromatic heterocycles. The standard InChI is InChI=1S/C23H32N4O3/c1-5-8-18-20(23(29)30-4)16(2)25-21(18)22(28)24-15-17-9-6-7-10-19(17)27-13-11-26(3)12-14-27/h6-7,9-10,25H,5,8,11-15H2,1-4H3,(H,24,28). The molecule has 0 radical (unpaired) electrons. The minimum Gasteiger partial charge on any atom is -0.465 e. The van der Waals surface area contributed by atoms with Crippen LogP contribution in [0.25, 0.3) is 0 Å². The van der Waals surface area contributed by atoms with Gasteiger partial charge in [0, 0.05) is 44.1 Å². The number of nitrogens with zero attached hydrogens (tertiary/aromatic N) is 2. The topological polar surface area (TPSA) is 77.7 Å². The van der Waals surface area contributed by atoms with Gasteiger partial charge in [-0.05, 0) is 37.6 Å². The lowest BCUT2D eigenvalue weighted by atomic mass is 10.0. The van der Waals surface area contributed by atoms with Crippen molar-refractivity contribution in [2.45, 2.75) is 33.2 Å². The van der Waals surface area contributed by atoms with Crippen molar-refractivity contribution in [1.82, 2.24) is 15.2 Å². The number of anilines is 1. The van der Waals surface area contributed by atoms with Crippen LogP contribution in [0.5, 0.6) is 0 Å². The third-order valence-electron chi connectivity index (χ3n) is 5.68. The molecule has 0 aliphatic carbocycles. The van der Waals surface area contributed by atoms with Crippen LogP contribution in [0.1, 0.15) is 51.0 Å². The third kappa shape index (κ3) is 4.67. The van der Waals surface area contributed by atoms with E-state index in [4.69, 9.17) is 4.74 Å². The molecule has 2 aromatic rings. The number of benzene rings is 1. The molecule has 1 aliphatic rings. The van der Waals surface area contributed by atoms with Gasteiger partial charge in [-0.15, -0.1) is 0 Å². The van der Waals surface area contributed by atoms with Gasteiger partial charge in [0.25, 0.3) is 5.91 Å². The normalized spacial score (nSPS) is 14.6. The van der Waals surface area contributed by atoms with E-state index in [0.29, 0.717) is 29.9 Å². The molecule has 0 bridgehead atoms. The van der Waals surface area contributed by atoms with Crippen molar-refractivity contribution in [3.8, 4) is 0 Å². The lowest BCUT2D eigenvalue weighted by Crippen LogP contribution is -2.45. The predicted molar refractivity (Wildman–Crippen MR) is 118 cm³/mol. The van der Waals surface area contributed by atoms with Crippen molar-refractivity contribution in [3.63, 3.8) is 0 Å². The molecule has 0 spiro atoms. The second-order valence-electron chi connectivity index (χ2n) is 7.82. The lowest BCUT2D eigenvalue weighted by Gasteiger charge is -2.35. The second kappa shape index (κ2) is 9.80. The van der Waals surface area contributed by atoms with E-state index in [0.717, 1.165) is 49.4 Å². The van der Waals surface area contributed by atoms with Crippen molar-refractivity contribution < 1.29 is 14.3 Å². The molecule has 0 atom stereocenters. The Morgan fingerprint density at radius 3 is 2.53 bits per heavy atom. The summed E-state index contributed by atoms with van der Waals surface area (Å²) in [6.07, 6.45) is 1.46. The first-order valence-electron chi connectivity index (χ1n) is 10.6. The van der Waals surface area contributed by atoms with E-state index >= 15 is 0 Å². The van der Waals surface area contributed by atoms with Gasteiger partial charge in [-0.3, -0.25) is 4.79 Å². The Bertz CT molecular complexity index is 898. The molecule has 1 fully saturated rings. The average Bonchev–Trinajstić information content (AvgIpc) is 3.08. The molecule has 1 amide bonds. The van der Waals surface area contributed by atoms with E-state index in [2.05, 4.69) is 39.3 Å². The van der Waals surface area contributed by atoms with E-state index in [9.17, 15) is 9.59 Å². The van der Waals surface area contributed by atoms with Gasteiger partial charge in [0.1, 0.15) is 5.69 Å². The first-order valence-corrected chi connectivity index (χ1v) is 10.6. The van der Waals surface area contributed by atoms with E-state index < -0.39 is 5.97 Å². The summed E-state index contributed by atoms with van der Waals surface area (Å²) in [5, 5.41) is 3.04. The zero-order valence-electron chi connectivity index (χ0n) is 18.4. The fraction of sp³-hybridized carbons (Fsp3) is 0.478. The number of carbonyl (C=O) groups excluding carboxylic acids is 2. The van der Waals surface area contributed by atoms with Gasteiger partial charge >= 0.3 is 5.97 Å². The van der Waals surface area contributed by atoms with Crippen LogP contribution in [0.3, 0.4) is 0 Å². The Balaban J connectivity index is 1.78. The van der Waals surface area contributed by atoms with E-state index in [-0.39, 0.29) is 5.91 Å². The number of ether oxygens (including phenoxy) is 1. The number of hydrogen-bond acceptors (Lipinski definition) is 5. The summed E-state index contributed by atoms with van der Waals surface area (Å²) >= 11 is 0. The lowest BCUT2D eigenvalue weighted by molar-refractivity contribution is 0.0599. The number of para-hydroxylation sites is 1. The highest BCUT2D eigenvalue weighted by Crippen LogP contribution is 2.24. The van der Waals surface area contributed by atoms with Crippen molar-refractivity contribution in [2.75, 3.05) is 45.2 Å².